The predicted octanol–water partition coefficient (Wildman–Crippen LogP) is 2.38. The highest BCUT2D eigenvalue weighted by atomic mass is 32.1. The maximum absolute atomic E-state index is 13.4. The Hall–Kier alpha value is -1.82. The summed E-state index contributed by atoms with van der Waals surface area (Å²) in [6, 6.07) is 4.10. The van der Waals surface area contributed by atoms with Gasteiger partial charge in [0.1, 0.15) is 11.6 Å². The quantitative estimate of drug-likeness (QED) is 0.752. The zero-order valence-electron chi connectivity index (χ0n) is 7.88. The summed E-state index contributed by atoms with van der Waals surface area (Å²) in [6.45, 7) is 0. The van der Waals surface area contributed by atoms with Crippen LogP contribution >= 0.6 is 12.2 Å². The Morgan fingerprint density at radius 3 is 2.56 bits per heavy atom. The lowest BCUT2D eigenvalue weighted by Crippen LogP contribution is -2.06. The number of hydrogen-bond donors (Lipinski definition) is 2. The maximum Gasteiger partial charge on any atom is 0.252 e. The molecule has 0 saturated heterocycles. The van der Waals surface area contributed by atoms with E-state index in [1.54, 1.807) is 0 Å². The van der Waals surface area contributed by atoms with Gasteiger partial charge in [0, 0.05) is 11.6 Å². The number of aromatic nitrogens is 2. The molecule has 0 radical (unpaired) electrons. The average Bonchev–Trinajstić information content (AvgIpc) is 2.20. The molecule has 0 fully saturated rings. The fraction of sp³-hybridized carbons (Fsp3) is 0. The molecule has 0 atom stereocenters. The summed E-state index contributed by atoms with van der Waals surface area (Å²) in [5.74, 6) is -1.21. The van der Waals surface area contributed by atoms with E-state index >= 15 is 0 Å². The van der Waals surface area contributed by atoms with Gasteiger partial charge in [0.2, 0.25) is 0 Å². The molecular weight excluding hydrogens is 234 g/mol. The Balaban J connectivity index is 2.71. The first-order valence-corrected chi connectivity index (χ1v) is 4.76. The Morgan fingerprint density at radius 1 is 1.12 bits per heavy atom. The predicted molar refractivity (Wildman–Crippen MR) is 57.6 cm³/mol. The summed E-state index contributed by atoms with van der Waals surface area (Å²) < 4.78 is 26.4. The van der Waals surface area contributed by atoms with Crippen LogP contribution in [-0.2, 0) is 0 Å². The van der Waals surface area contributed by atoms with Gasteiger partial charge in [-0.05, 0) is 30.4 Å². The van der Waals surface area contributed by atoms with Gasteiger partial charge in [-0.2, -0.15) is 0 Å². The lowest BCUT2D eigenvalue weighted by atomic mass is 10.1. The van der Waals surface area contributed by atoms with Crippen molar-refractivity contribution < 1.29 is 8.78 Å². The van der Waals surface area contributed by atoms with Crippen LogP contribution < -0.4 is 5.56 Å². The van der Waals surface area contributed by atoms with Crippen LogP contribution in [0.1, 0.15) is 0 Å². The molecule has 1 heterocycles. The van der Waals surface area contributed by atoms with E-state index in [-0.39, 0.29) is 16.0 Å². The molecule has 0 spiro atoms. The number of aromatic amines is 2. The van der Waals surface area contributed by atoms with Crippen molar-refractivity contribution in [2.45, 2.75) is 0 Å². The second kappa shape index (κ2) is 3.97. The molecule has 0 aliphatic carbocycles. The highest BCUT2D eigenvalue weighted by Crippen LogP contribution is 2.20. The molecule has 2 aromatic rings. The van der Waals surface area contributed by atoms with Crippen molar-refractivity contribution in [2.24, 2.45) is 0 Å². The summed E-state index contributed by atoms with van der Waals surface area (Å²) in [5.41, 5.74) is -0.356. The van der Waals surface area contributed by atoms with Gasteiger partial charge in [-0.1, -0.05) is 0 Å². The first-order chi connectivity index (χ1) is 7.56. The van der Waals surface area contributed by atoms with Gasteiger partial charge in [-0.25, -0.2) is 8.78 Å². The molecule has 2 N–H and O–H groups in total. The van der Waals surface area contributed by atoms with Crippen LogP contribution in [0.25, 0.3) is 11.3 Å². The lowest BCUT2D eigenvalue weighted by molar-refractivity contribution is 0.602. The standard InChI is InChI=1S/C10H6F2N2OS/c11-5-1-2-7(12)6(3-5)8-4-9(15)14-10(16)13-8/h1-4H,(H2,13,14,15,16). The van der Waals surface area contributed by atoms with Crippen LogP contribution in [0.3, 0.4) is 0 Å². The number of benzene rings is 1. The molecule has 82 valence electrons. The van der Waals surface area contributed by atoms with Crippen molar-refractivity contribution in [1.29, 1.82) is 0 Å². The van der Waals surface area contributed by atoms with Gasteiger partial charge < -0.3 is 4.98 Å². The third kappa shape index (κ3) is 2.06. The molecule has 0 amide bonds. The number of H-pyrrole nitrogens is 2. The lowest BCUT2D eigenvalue weighted by Gasteiger charge is -2.02. The molecule has 0 bridgehead atoms. The summed E-state index contributed by atoms with van der Waals surface area (Å²) in [4.78, 5) is 16.0. The van der Waals surface area contributed by atoms with Gasteiger partial charge >= 0.3 is 0 Å². The fourth-order valence-corrected chi connectivity index (χ4v) is 1.53. The smallest absolute Gasteiger partial charge is 0.252 e. The van der Waals surface area contributed by atoms with Crippen molar-refractivity contribution in [1.82, 2.24) is 9.97 Å². The number of hydrogen-bond acceptors (Lipinski definition) is 2. The Kier molecular flexibility index (Phi) is 2.66. The Bertz CT molecular complexity index is 620. The van der Waals surface area contributed by atoms with E-state index in [4.69, 9.17) is 12.2 Å². The average molecular weight is 240 g/mol. The van der Waals surface area contributed by atoms with Crippen LogP contribution in [0.5, 0.6) is 0 Å². The van der Waals surface area contributed by atoms with Crippen LogP contribution in [0, 0.1) is 16.4 Å². The molecule has 1 aromatic heterocycles. The number of halogens is 2. The van der Waals surface area contributed by atoms with E-state index in [1.807, 2.05) is 0 Å². The number of rotatable bonds is 1. The molecule has 6 heteroatoms. The van der Waals surface area contributed by atoms with Crippen molar-refractivity contribution in [3.8, 4) is 11.3 Å². The monoisotopic (exact) mass is 240 g/mol. The van der Waals surface area contributed by atoms with Crippen LogP contribution in [-0.4, -0.2) is 9.97 Å². The molecule has 2 rings (SSSR count). The highest BCUT2D eigenvalue weighted by Gasteiger charge is 2.07. The highest BCUT2D eigenvalue weighted by molar-refractivity contribution is 7.71. The molecule has 16 heavy (non-hydrogen) atoms. The first kappa shape index (κ1) is 10.7. The number of nitrogens with one attached hydrogen (secondary N) is 2. The minimum atomic E-state index is -0.627. The Labute approximate surface area is 93.8 Å². The SMILES string of the molecule is O=c1cc(-c2cc(F)ccc2F)[nH]c(=S)[nH]1. The van der Waals surface area contributed by atoms with Gasteiger partial charge in [0.25, 0.3) is 5.56 Å². The molecule has 0 aliphatic rings. The van der Waals surface area contributed by atoms with Crippen LogP contribution in [0.2, 0.25) is 0 Å². The van der Waals surface area contributed by atoms with Crippen molar-refractivity contribution in [2.75, 3.05) is 0 Å². The normalized spacial score (nSPS) is 10.4. The van der Waals surface area contributed by atoms with E-state index in [9.17, 15) is 13.6 Å². The first-order valence-electron chi connectivity index (χ1n) is 4.35. The summed E-state index contributed by atoms with van der Waals surface area (Å²) in [7, 11) is 0. The van der Waals surface area contributed by atoms with E-state index < -0.39 is 17.2 Å². The van der Waals surface area contributed by atoms with Gasteiger partial charge in [0.15, 0.2) is 4.77 Å². The summed E-state index contributed by atoms with van der Waals surface area (Å²) in [5, 5.41) is 0. The second-order valence-corrected chi connectivity index (χ2v) is 3.53. The van der Waals surface area contributed by atoms with Gasteiger partial charge in [0.05, 0.1) is 5.69 Å². The maximum atomic E-state index is 13.4. The van der Waals surface area contributed by atoms with Crippen molar-refractivity contribution >= 4 is 12.2 Å². The minimum Gasteiger partial charge on any atom is -0.332 e. The molecule has 3 nitrogen and oxygen atoms in total. The van der Waals surface area contributed by atoms with Crippen molar-refractivity contribution in [3.05, 3.63) is 51.0 Å². The molecule has 1 aromatic carbocycles. The van der Waals surface area contributed by atoms with E-state index in [2.05, 4.69) is 9.97 Å². The molecule has 0 aliphatic heterocycles. The van der Waals surface area contributed by atoms with Gasteiger partial charge in [-0.15, -0.1) is 0 Å². The second-order valence-electron chi connectivity index (χ2n) is 3.13. The largest absolute Gasteiger partial charge is 0.332 e. The molecule has 0 unspecified atom stereocenters. The third-order valence-corrected chi connectivity index (χ3v) is 2.18. The van der Waals surface area contributed by atoms with Crippen LogP contribution in [0.4, 0.5) is 8.78 Å². The third-order valence-electron chi connectivity index (χ3n) is 1.98. The van der Waals surface area contributed by atoms with E-state index in [1.165, 1.54) is 0 Å². The van der Waals surface area contributed by atoms with E-state index in [0.717, 1.165) is 24.3 Å². The molecule has 0 saturated carbocycles. The summed E-state index contributed by atoms with van der Waals surface area (Å²) in [6.07, 6.45) is 0. The summed E-state index contributed by atoms with van der Waals surface area (Å²) >= 11 is 4.74. The molecular formula is C10H6F2N2OS. The zero-order chi connectivity index (χ0) is 11.7. The topological polar surface area (TPSA) is 48.6 Å². The van der Waals surface area contributed by atoms with Crippen LogP contribution in [0.15, 0.2) is 29.1 Å². The Morgan fingerprint density at radius 2 is 1.88 bits per heavy atom. The fourth-order valence-electron chi connectivity index (χ4n) is 1.32. The minimum absolute atomic E-state index is 0.0304. The van der Waals surface area contributed by atoms with Crippen molar-refractivity contribution in [3.63, 3.8) is 0 Å². The van der Waals surface area contributed by atoms with Gasteiger partial charge in [-0.3, -0.25) is 9.78 Å². The van der Waals surface area contributed by atoms with E-state index in [0.29, 0.717) is 0 Å². The zero-order valence-corrected chi connectivity index (χ0v) is 8.70.